The number of nitrogens with zero attached hydrogens (tertiary/aromatic N) is 4. The lowest BCUT2D eigenvalue weighted by Crippen LogP contribution is -2.42. The van der Waals surface area contributed by atoms with Gasteiger partial charge in [0, 0.05) is 45.6 Å². The summed E-state index contributed by atoms with van der Waals surface area (Å²) in [5.74, 6) is 1.75. The van der Waals surface area contributed by atoms with Crippen LogP contribution in [0.25, 0.3) is 11.0 Å². The van der Waals surface area contributed by atoms with Gasteiger partial charge in [-0.3, -0.25) is 4.79 Å². The standard InChI is InChI=1S/C23H34N4O3S/c1-5-26-21-11-10-18(31(29,30)25(3)4)15-19(21)24-22(26)12-13-23(28)27-16(2)14-17-8-6-7-9-20(17)27/h10-11,15-17,20H,5-9,12-14H2,1-4H3. The number of carbonyl (C=O) groups is 1. The summed E-state index contributed by atoms with van der Waals surface area (Å²) in [5.41, 5.74) is 1.57. The first-order valence-corrected chi connectivity index (χ1v) is 12.9. The lowest BCUT2D eigenvalue weighted by atomic mass is 9.85. The summed E-state index contributed by atoms with van der Waals surface area (Å²) in [7, 11) is -0.459. The van der Waals surface area contributed by atoms with E-state index in [0.29, 0.717) is 36.4 Å². The first kappa shape index (κ1) is 22.3. The Kier molecular flexibility index (Phi) is 6.14. The van der Waals surface area contributed by atoms with Crippen molar-refractivity contribution in [3.05, 3.63) is 24.0 Å². The monoisotopic (exact) mass is 446 g/mol. The quantitative estimate of drug-likeness (QED) is 0.681. The van der Waals surface area contributed by atoms with Gasteiger partial charge < -0.3 is 9.47 Å². The average molecular weight is 447 g/mol. The molecule has 3 unspecified atom stereocenters. The molecule has 1 aromatic carbocycles. The molecule has 2 fully saturated rings. The third-order valence-electron chi connectivity index (χ3n) is 7.09. The zero-order valence-electron chi connectivity index (χ0n) is 19.0. The number of benzene rings is 1. The largest absolute Gasteiger partial charge is 0.337 e. The van der Waals surface area contributed by atoms with E-state index >= 15 is 0 Å². The summed E-state index contributed by atoms with van der Waals surface area (Å²) in [5, 5.41) is 0. The van der Waals surface area contributed by atoms with Gasteiger partial charge in [-0.2, -0.15) is 0 Å². The van der Waals surface area contributed by atoms with Crippen molar-refractivity contribution in [2.24, 2.45) is 5.92 Å². The van der Waals surface area contributed by atoms with Crippen LogP contribution in [-0.4, -0.2) is 59.3 Å². The Bertz CT molecular complexity index is 1080. The molecule has 1 aromatic heterocycles. The van der Waals surface area contributed by atoms with Crippen molar-refractivity contribution < 1.29 is 13.2 Å². The molecule has 0 N–H and O–H groups in total. The molecule has 1 saturated carbocycles. The third-order valence-corrected chi connectivity index (χ3v) is 8.90. The Labute approximate surface area is 185 Å². The second-order valence-electron chi connectivity index (χ2n) is 9.21. The number of hydrogen-bond donors (Lipinski definition) is 0. The van der Waals surface area contributed by atoms with E-state index in [0.717, 1.165) is 30.7 Å². The fraction of sp³-hybridized carbons (Fsp3) is 0.652. The van der Waals surface area contributed by atoms with Crippen LogP contribution in [0.3, 0.4) is 0 Å². The number of carbonyl (C=O) groups excluding carboxylic acids is 1. The van der Waals surface area contributed by atoms with Crippen molar-refractivity contribution in [3.8, 4) is 0 Å². The third kappa shape index (κ3) is 4.00. The van der Waals surface area contributed by atoms with Gasteiger partial charge in [-0.25, -0.2) is 17.7 Å². The highest BCUT2D eigenvalue weighted by Crippen LogP contribution is 2.39. The highest BCUT2D eigenvalue weighted by atomic mass is 32.2. The minimum Gasteiger partial charge on any atom is -0.337 e. The molecule has 7 nitrogen and oxygen atoms in total. The van der Waals surface area contributed by atoms with Gasteiger partial charge in [-0.1, -0.05) is 12.8 Å². The van der Waals surface area contributed by atoms with Crippen molar-refractivity contribution in [2.75, 3.05) is 14.1 Å². The summed E-state index contributed by atoms with van der Waals surface area (Å²) < 4.78 is 28.3. The van der Waals surface area contributed by atoms with E-state index in [4.69, 9.17) is 4.98 Å². The molecular formula is C23H34N4O3S. The van der Waals surface area contributed by atoms with Crippen LogP contribution in [0, 0.1) is 5.92 Å². The molecule has 2 aromatic rings. The number of likely N-dealkylation sites (tertiary alicyclic amines) is 1. The predicted octanol–water partition coefficient (Wildman–Crippen LogP) is 3.42. The van der Waals surface area contributed by atoms with E-state index in [2.05, 4.69) is 16.4 Å². The van der Waals surface area contributed by atoms with Gasteiger partial charge in [0.1, 0.15) is 5.82 Å². The molecule has 1 amide bonds. The molecule has 0 bridgehead atoms. The maximum Gasteiger partial charge on any atom is 0.242 e. The number of amides is 1. The highest BCUT2D eigenvalue weighted by Gasteiger charge is 2.42. The number of imidazole rings is 1. The molecular weight excluding hydrogens is 412 g/mol. The van der Waals surface area contributed by atoms with Crippen molar-refractivity contribution in [2.45, 2.75) is 82.3 Å². The topological polar surface area (TPSA) is 75.5 Å². The molecule has 1 saturated heterocycles. The van der Waals surface area contributed by atoms with Crippen LogP contribution in [0.15, 0.2) is 23.1 Å². The number of aryl methyl sites for hydroxylation is 2. The molecule has 1 aliphatic heterocycles. The van der Waals surface area contributed by atoms with Crippen molar-refractivity contribution in [1.82, 2.24) is 18.8 Å². The highest BCUT2D eigenvalue weighted by molar-refractivity contribution is 7.89. The van der Waals surface area contributed by atoms with E-state index in [1.54, 1.807) is 12.1 Å². The fourth-order valence-corrected chi connectivity index (χ4v) is 6.48. The van der Waals surface area contributed by atoms with Gasteiger partial charge >= 0.3 is 0 Å². The maximum absolute atomic E-state index is 13.2. The summed E-state index contributed by atoms with van der Waals surface area (Å²) >= 11 is 0. The summed E-state index contributed by atoms with van der Waals surface area (Å²) in [4.78, 5) is 20.3. The molecule has 3 atom stereocenters. The second-order valence-corrected chi connectivity index (χ2v) is 11.4. The molecule has 1 aliphatic carbocycles. The Morgan fingerprint density at radius 2 is 1.97 bits per heavy atom. The van der Waals surface area contributed by atoms with Gasteiger partial charge in [0.2, 0.25) is 15.9 Å². The zero-order chi connectivity index (χ0) is 22.3. The van der Waals surface area contributed by atoms with E-state index in [1.807, 2.05) is 13.0 Å². The lowest BCUT2D eigenvalue weighted by molar-refractivity contribution is -0.134. The van der Waals surface area contributed by atoms with Crippen LogP contribution in [0.1, 0.15) is 58.2 Å². The molecule has 4 rings (SSSR count). The summed E-state index contributed by atoms with van der Waals surface area (Å²) in [6, 6.07) is 5.83. The number of aromatic nitrogens is 2. The van der Waals surface area contributed by atoms with Crippen LogP contribution in [0.5, 0.6) is 0 Å². The van der Waals surface area contributed by atoms with Gasteiger partial charge in [0.05, 0.1) is 15.9 Å². The lowest BCUT2D eigenvalue weighted by Gasteiger charge is -2.33. The van der Waals surface area contributed by atoms with Gasteiger partial charge in [0.25, 0.3) is 0 Å². The van der Waals surface area contributed by atoms with Gasteiger partial charge in [-0.05, 0) is 57.2 Å². The molecule has 2 aliphatic rings. The Balaban J connectivity index is 1.55. The SMILES string of the molecule is CCn1c(CCC(=O)N2C(C)CC3CCCCC32)nc2cc(S(=O)(=O)N(C)C)ccc21. The van der Waals surface area contributed by atoms with E-state index in [-0.39, 0.29) is 10.8 Å². The van der Waals surface area contributed by atoms with E-state index in [1.165, 1.54) is 37.7 Å². The summed E-state index contributed by atoms with van der Waals surface area (Å²) in [6.07, 6.45) is 7.05. The zero-order valence-corrected chi connectivity index (χ0v) is 19.9. The minimum absolute atomic E-state index is 0.229. The van der Waals surface area contributed by atoms with Crippen LogP contribution < -0.4 is 0 Å². The van der Waals surface area contributed by atoms with E-state index in [9.17, 15) is 13.2 Å². The Morgan fingerprint density at radius 1 is 1.23 bits per heavy atom. The number of fused-ring (bicyclic) bond motifs is 2. The average Bonchev–Trinajstić information content (AvgIpc) is 3.27. The smallest absolute Gasteiger partial charge is 0.242 e. The Hall–Kier alpha value is -1.93. The van der Waals surface area contributed by atoms with E-state index < -0.39 is 10.0 Å². The first-order valence-electron chi connectivity index (χ1n) is 11.5. The molecule has 0 spiro atoms. The molecule has 170 valence electrons. The first-order chi connectivity index (χ1) is 14.7. The number of sulfonamides is 1. The van der Waals surface area contributed by atoms with Gasteiger partial charge in [-0.15, -0.1) is 0 Å². The fourth-order valence-electron chi connectivity index (χ4n) is 5.56. The van der Waals surface area contributed by atoms with Crippen LogP contribution in [0.4, 0.5) is 0 Å². The van der Waals surface area contributed by atoms with Crippen LogP contribution >= 0.6 is 0 Å². The predicted molar refractivity (Wildman–Crippen MR) is 121 cm³/mol. The minimum atomic E-state index is -3.51. The van der Waals surface area contributed by atoms with Crippen molar-refractivity contribution in [3.63, 3.8) is 0 Å². The normalized spacial score (nSPS) is 24.2. The summed E-state index contributed by atoms with van der Waals surface area (Å²) in [6.45, 7) is 4.96. The molecule has 2 heterocycles. The Morgan fingerprint density at radius 3 is 2.68 bits per heavy atom. The maximum atomic E-state index is 13.2. The molecule has 0 radical (unpaired) electrons. The molecule has 8 heteroatoms. The number of hydrogen-bond acceptors (Lipinski definition) is 4. The van der Waals surface area contributed by atoms with Crippen LogP contribution in [-0.2, 0) is 27.8 Å². The van der Waals surface area contributed by atoms with Crippen molar-refractivity contribution in [1.29, 1.82) is 0 Å². The van der Waals surface area contributed by atoms with Crippen molar-refractivity contribution >= 4 is 27.0 Å². The van der Waals surface area contributed by atoms with Gasteiger partial charge in [0.15, 0.2) is 0 Å². The number of rotatable bonds is 6. The second kappa shape index (κ2) is 8.54. The molecule has 31 heavy (non-hydrogen) atoms. The van der Waals surface area contributed by atoms with Crippen LogP contribution in [0.2, 0.25) is 0 Å².